The number of anilines is 2. The fraction of sp³-hybridized carbons (Fsp3) is 0.421. The summed E-state index contributed by atoms with van der Waals surface area (Å²) in [5, 5.41) is 3.03. The monoisotopic (exact) mass is 342 g/mol. The maximum atomic E-state index is 13.3. The molecule has 0 radical (unpaired) electrons. The zero-order valence-corrected chi connectivity index (χ0v) is 14.6. The number of benzene rings is 1. The van der Waals surface area contributed by atoms with Crippen molar-refractivity contribution in [2.45, 2.75) is 32.6 Å². The Morgan fingerprint density at radius 2 is 2.20 bits per heavy atom. The summed E-state index contributed by atoms with van der Waals surface area (Å²) in [6, 6.07) is 8.09. The average Bonchev–Trinajstić information content (AvgIpc) is 2.61. The predicted octanol–water partition coefficient (Wildman–Crippen LogP) is 3.72. The van der Waals surface area contributed by atoms with Crippen molar-refractivity contribution in [2.75, 3.05) is 18.4 Å². The van der Waals surface area contributed by atoms with Crippen LogP contribution >= 0.6 is 0 Å². The van der Waals surface area contributed by atoms with Crippen LogP contribution in [0.4, 0.5) is 16.0 Å². The first kappa shape index (κ1) is 17.3. The van der Waals surface area contributed by atoms with Crippen molar-refractivity contribution in [3.63, 3.8) is 0 Å². The van der Waals surface area contributed by atoms with Crippen LogP contribution in [0.15, 0.2) is 36.5 Å². The number of nitrogens with zero attached hydrogens (tertiary/aromatic N) is 3. The molecule has 1 aromatic heterocycles. The molecule has 132 valence electrons. The van der Waals surface area contributed by atoms with Gasteiger partial charge in [-0.1, -0.05) is 19.9 Å². The van der Waals surface area contributed by atoms with E-state index in [1.54, 1.807) is 18.3 Å². The number of nitrogens with one attached hydrogen (secondary N) is 1. The molecule has 0 saturated carbocycles. The van der Waals surface area contributed by atoms with Crippen LogP contribution in [0, 0.1) is 11.7 Å². The minimum Gasteiger partial charge on any atom is -0.342 e. The molecule has 0 spiro atoms. The normalized spacial score (nSPS) is 17.6. The van der Waals surface area contributed by atoms with Gasteiger partial charge in [-0.2, -0.15) is 0 Å². The quantitative estimate of drug-likeness (QED) is 0.920. The Morgan fingerprint density at radius 1 is 1.36 bits per heavy atom. The van der Waals surface area contributed by atoms with Gasteiger partial charge in [-0.05, 0) is 37.1 Å². The van der Waals surface area contributed by atoms with Gasteiger partial charge in [0, 0.05) is 36.8 Å². The molecule has 0 unspecified atom stereocenters. The lowest BCUT2D eigenvalue weighted by Gasteiger charge is -2.33. The highest BCUT2D eigenvalue weighted by molar-refractivity contribution is 5.78. The molecule has 0 aliphatic carbocycles. The van der Waals surface area contributed by atoms with Gasteiger partial charge in [0.05, 0.1) is 5.69 Å². The van der Waals surface area contributed by atoms with E-state index >= 15 is 0 Å². The largest absolute Gasteiger partial charge is 0.342 e. The maximum Gasteiger partial charge on any atom is 0.227 e. The van der Waals surface area contributed by atoms with Crippen LogP contribution in [-0.2, 0) is 4.79 Å². The molecule has 25 heavy (non-hydrogen) atoms. The van der Waals surface area contributed by atoms with Gasteiger partial charge in [-0.15, -0.1) is 0 Å². The Labute approximate surface area is 147 Å². The van der Waals surface area contributed by atoms with Gasteiger partial charge in [0.2, 0.25) is 11.9 Å². The first-order valence-electron chi connectivity index (χ1n) is 8.67. The van der Waals surface area contributed by atoms with Gasteiger partial charge < -0.3 is 10.2 Å². The first-order chi connectivity index (χ1) is 12.0. The summed E-state index contributed by atoms with van der Waals surface area (Å²) in [5.74, 6) is 0.533. The minimum absolute atomic E-state index is 0.00866. The molecule has 1 aliphatic heterocycles. The van der Waals surface area contributed by atoms with Gasteiger partial charge in [0.25, 0.3) is 0 Å². The summed E-state index contributed by atoms with van der Waals surface area (Å²) < 4.78 is 13.3. The highest BCUT2D eigenvalue weighted by Crippen LogP contribution is 2.27. The standard InChI is InChI=1S/C19H23FN4O/c1-13(2)18(25)24-10-4-5-14(12-24)17-8-9-21-19(23-17)22-16-7-3-6-15(20)11-16/h3,6-9,11,13-14H,4-5,10,12H2,1-2H3,(H,21,22,23)/t14-/m0/s1. The van der Waals surface area contributed by atoms with Crippen LogP contribution < -0.4 is 5.32 Å². The summed E-state index contributed by atoms with van der Waals surface area (Å²) in [4.78, 5) is 23.0. The van der Waals surface area contributed by atoms with E-state index in [1.807, 2.05) is 24.8 Å². The van der Waals surface area contributed by atoms with Crippen molar-refractivity contribution in [1.29, 1.82) is 0 Å². The number of piperidine rings is 1. The molecule has 1 fully saturated rings. The number of amides is 1. The molecule has 5 nitrogen and oxygen atoms in total. The van der Waals surface area contributed by atoms with Crippen molar-refractivity contribution in [3.8, 4) is 0 Å². The summed E-state index contributed by atoms with van der Waals surface area (Å²) in [7, 11) is 0. The number of hydrogen-bond donors (Lipinski definition) is 1. The Hall–Kier alpha value is -2.50. The maximum absolute atomic E-state index is 13.3. The highest BCUT2D eigenvalue weighted by atomic mass is 19.1. The van der Waals surface area contributed by atoms with E-state index in [9.17, 15) is 9.18 Å². The Morgan fingerprint density at radius 3 is 2.96 bits per heavy atom. The van der Waals surface area contributed by atoms with E-state index < -0.39 is 0 Å². The number of likely N-dealkylation sites (tertiary alicyclic amines) is 1. The van der Waals surface area contributed by atoms with Gasteiger partial charge in [0.1, 0.15) is 5.82 Å². The van der Waals surface area contributed by atoms with Crippen LogP contribution in [0.2, 0.25) is 0 Å². The number of carbonyl (C=O) groups excluding carboxylic acids is 1. The van der Waals surface area contributed by atoms with Gasteiger partial charge in [0.15, 0.2) is 0 Å². The SMILES string of the molecule is CC(C)C(=O)N1CCC[C@H](c2ccnc(Nc3cccc(F)c3)n2)C1. The molecule has 1 aromatic carbocycles. The molecular weight excluding hydrogens is 319 g/mol. The Bertz CT molecular complexity index is 750. The van der Waals surface area contributed by atoms with Crippen molar-refractivity contribution in [1.82, 2.24) is 14.9 Å². The summed E-state index contributed by atoms with van der Waals surface area (Å²) in [5.41, 5.74) is 1.52. The fourth-order valence-corrected chi connectivity index (χ4v) is 3.14. The second-order valence-corrected chi connectivity index (χ2v) is 6.72. The third-order valence-electron chi connectivity index (χ3n) is 4.40. The van der Waals surface area contributed by atoms with Crippen molar-refractivity contribution >= 4 is 17.5 Å². The molecule has 1 atom stereocenters. The molecule has 1 N–H and O–H groups in total. The van der Waals surface area contributed by atoms with Crippen molar-refractivity contribution in [3.05, 3.63) is 48.0 Å². The third-order valence-corrected chi connectivity index (χ3v) is 4.40. The second-order valence-electron chi connectivity index (χ2n) is 6.72. The van der Waals surface area contributed by atoms with E-state index in [-0.39, 0.29) is 23.6 Å². The van der Waals surface area contributed by atoms with Gasteiger partial charge in [-0.3, -0.25) is 4.79 Å². The molecule has 6 heteroatoms. The number of halogens is 1. The van der Waals surface area contributed by atoms with E-state index in [0.29, 0.717) is 18.2 Å². The molecule has 3 rings (SSSR count). The van der Waals surface area contributed by atoms with Crippen molar-refractivity contribution in [2.24, 2.45) is 5.92 Å². The van der Waals surface area contributed by atoms with E-state index in [4.69, 9.17) is 0 Å². The molecule has 1 amide bonds. The molecule has 1 aliphatic rings. The topological polar surface area (TPSA) is 58.1 Å². The van der Waals surface area contributed by atoms with Crippen LogP contribution in [0.5, 0.6) is 0 Å². The highest BCUT2D eigenvalue weighted by Gasteiger charge is 2.27. The Kier molecular flexibility index (Phi) is 5.26. The second kappa shape index (κ2) is 7.59. The van der Waals surface area contributed by atoms with Crippen LogP contribution in [0.3, 0.4) is 0 Å². The molecular formula is C19H23FN4O. The molecule has 2 heterocycles. The lowest BCUT2D eigenvalue weighted by Crippen LogP contribution is -2.41. The van der Waals surface area contributed by atoms with Crippen LogP contribution in [0.1, 0.15) is 38.3 Å². The van der Waals surface area contributed by atoms with E-state index in [2.05, 4.69) is 15.3 Å². The van der Waals surface area contributed by atoms with Crippen molar-refractivity contribution < 1.29 is 9.18 Å². The zero-order chi connectivity index (χ0) is 17.8. The predicted molar refractivity (Wildman–Crippen MR) is 95.1 cm³/mol. The first-order valence-corrected chi connectivity index (χ1v) is 8.67. The lowest BCUT2D eigenvalue weighted by atomic mass is 9.94. The van der Waals surface area contributed by atoms with Crippen LogP contribution in [0.25, 0.3) is 0 Å². The zero-order valence-electron chi connectivity index (χ0n) is 14.6. The lowest BCUT2D eigenvalue weighted by molar-refractivity contribution is -0.135. The number of carbonyl (C=O) groups is 1. The smallest absolute Gasteiger partial charge is 0.227 e. The van der Waals surface area contributed by atoms with Gasteiger partial charge in [-0.25, -0.2) is 14.4 Å². The average molecular weight is 342 g/mol. The molecule has 0 bridgehead atoms. The third kappa shape index (κ3) is 4.32. The fourth-order valence-electron chi connectivity index (χ4n) is 3.14. The molecule has 1 saturated heterocycles. The summed E-state index contributed by atoms with van der Waals surface area (Å²) in [6.07, 6.45) is 3.67. The molecule has 2 aromatic rings. The summed E-state index contributed by atoms with van der Waals surface area (Å²) in [6.45, 7) is 5.36. The number of aromatic nitrogens is 2. The number of rotatable bonds is 4. The summed E-state index contributed by atoms with van der Waals surface area (Å²) >= 11 is 0. The van der Waals surface area contributed by atoms with E-state index in [0.717, 1.165) is 25.1 Å². The van der Waals surface area contributed by atoms with Crippen LogP contribution in [-0.4, -0.2) is 33.9 Å². The Balaban J connectivity index is 1.73. The van der Waals surface area contributed by atoms with Gasteiger partial charge >= 0.3 is 0 Å². The van der Waals surface area contributed by atoms with E-state index in [1.165, 1.54) is 12.1 Å². The number of hydrogen-bond acceptors (Lipinski definition) is 4. The minimum atomic E-state index is -0.309.